The van der Waals surface area contributed by atoms with Crippen molar-refractivity contribution in [3.05, 3.63) is 29.8 Å². The second-order valence-corrected chi connectivity index (χ2v) is 4.10. The summed E-state index contributed by atoms with van der Waals surface area (Å²) in [4.78, 5) is 24.9. The molecule has 6 nitrogen and oxygen atoms in total. The number of amides is 3. The SMILES string of the molecule is COc1ccccc1C1(CN)NC(=O)N(C)C1=O. The van der Waals surface area contributed by atoms with Gasteiger partial charge in [0, 0.05) is 19.2 Å². The van der Waals surface area contributed by atoms with Gasteiger partial charge in [-0.05, 0) is 6.07 Å². The van der Waals surface area contributed by atoms with Gasteiger partial charge in [-0.3, -0.25) is 9.69 Å². The Bertz CT molecular complexity index is 503. The van der Waals surface area contributed by atoms with Crippen LogP contribution in [-0.4, -0.2) is 37.5 Å². The predicted octanol–water partition coefficient (Wildman–Crippen LogP) is 0.0308. The quantitative estimate of drug-likeness (QED) is 0.740. The third-order valence-corrected chi connectivity index (χ3v) is 3.17. The molecule has 96 valence electrons. The number of para-hydroxylation sites is 1. The lowest BCUT2D eigenvalue weighted by Crippen LogP contribution is -2.50. The van der Waals surface area contributed by atoms with E-state index in [4.69, 9.17) is 10.5 Å². The number of nitrogens with one attached hydrogen (secondary N) is 1. The smallest absolute Gasteiger partial charge is 0.325 e. The highest BCUT2D eigenvalue weighted by atomic mass is 16.5. The number of carbonyl (C=O) groups excluding carboxylic acids is 2. The number of benzene rings is 1. The first-order valence-corrected chi connectivity index (χ1v) is 5.50. The number of hydrogen-bond acceptors (Lipinski definition) is 4. The zero-order valence-corrected chi connectivity index (χ0v) is 10.3. The third-order valence-electron chi connectivity index (χ3n) is 3.17. The molecule has 18 heavy (non-hydrogen) atoms. The molecule has 3 amide bonds. The number of carbonyl (C=O) groups is 2. The van der Waals surface area contributed by atoms with E-state index in [1.54, 1.807) is 24.3 Å². The standard InChI is InChI=1S/C12H15N3O3/c1-15-10(16)12(7-13,14-11(15)17)8-5-3-4-6-9(8)18-2/h3-6H,7,13H2,1-2H3,(H,14,17). The minimum absolute atomic E-state index is 0.0255. The maximum atomic E-state index is 12.2. The topological polar surface area (TPSA) is 84.7 Å². The summed E-state index contributed by atoms with van der Waals surface area (Å²) in [5.41, 5.74) is 5.05. The van der Waals surface area contributed by atoms with Gasteiger partial charge in [-0.15, -0.1) is 0 Å². The molecule has 1 atom stereocenters. The Morgan fingerprint density at radius 2 is 2.06 bits per heavy atom. The number of hydrogen-bond donors (Lipinski definition) is 2. The lowest BCUT2D eigenvalue weighted by molar-refractivity contribution is -0.130. The third kappa shape index (κ3) is 1.53. The summed E-state index contributed by atoms with van der Waals surface area (Å²) in [5.74, 6) is 0.145. The molecule has 3 N–H and O–H groups in total. The summed E-state index contributed by atoms with van der Waals surface area (Å²) in [6, 6.07) is 6.55. The summed E-state index contributed by atoms with van der Waals surface area (Å²) in [6.07, 6.45) is 0. The van der Waals surface area contributed by atoms with Crippen LogP contribution in [0, 0.1) is 0 Å². The number of urea groups is 1. The molecule has 0 spiro atoms. The van der Waals surface area contributed by atoms with E-state index in [2.05, 4.69) is 5.32 Å². The van der Waals surface area contributed by atoms with Crippen LogP contribution in [-0.2, 0) is 10.3 Å². The van der Waals surface area contributed by atoms with Crippen molar-refractivity contribution in [2.75, 3.05) is 20.7 Å². The Hall–Kier alpha value is -2.08. The molecule has 1 fully saturated rings. The van der Waals surface area contributed by atoms with Crippen LogP contribution in [0.2, 0.25) is 0 Å². The van der Waals surface area contributed by atoms with Crippen molar-refractivity contribution in [2.24, 2.45) is 5.73 Å². The molecular formula is C12H15N3O3. The van der Waals surface area contributed by atoms with Gasteiger partial charge in [0.15, 0.2) is 5.54 Å². The second kappa shape index (κ2) is 4.30. The predicted molar refractivity (Wildman–Crippen MR) is 65.0 cm³/mol. The summed E-state index contributed by atoms with van der Waals surface area (Å²) >= 11 is 0. The molecule has 0 saturated carbocycles. The van der Waals surface area contributed by atoms with Crippen LogP contribution >= 0.6 is 0 Å². The molecule has 0 radical (unpaired) electrons. The van der Waals surface area contributed by atoms with Gasteiger partial charge in [0.1, 0.15) is 5.75 Å². The number of nitrogens with two attached hydrogens (primary N) is 1. The molecule has 0 bridgehead atoms. The van der Waals surface area contributed by atoms with Gasteiger partial charge in [0.2, 0.25) is 0 Å². The van der Waals surface area contributed by atoms with Crippen LogP contribution < -0.4 is 15.8 Å². The van der Waals surface area contributed by atoms with Crippen molar-refractivity contribution in [2.45, 2.75) is 5.54 Å². The number of rotatable bonds is 3. The lowest BCUT2D eigenvalue weighted by atomic mass is 9.89. The van der Waals surface area contributed by atoms with E-state index in [1.165, 1.54) is 14.2 Å². The van der Waals surface area contributed by atoms with Crippen LogP contribution in [0.25, 0.3) is 0 Å². The molecule has 1 aromatic carbocycles. The molecule has 1 saturated heterocycles. The average Bonchev–Trinajstić information content (AvgIpc) is 2.63. The van der Waals surface area contributed by atoms with Crippen molar-refractivity contribution < 1.29 is 14.3 Å². The minimum Gasteiger partial charge on any atom is -0.496 e. The molecule has 0 aliphatic carbocycles. The van der Waals surface area contributed by atoms with E-state index in [-0.39, 0.29) is 12.5 Å². The van der Waals surface area contributed by atoms with E-state index < -0.39 is 11.6 Å². The molecule has 1 heterocycles. The maximum absolute atomic E-state index is 12.2. The van der Waals surface area contributed by atoms with E-state index in [1.807, 2.05) is 0 Å². The first-order valence-electron chi connectivity index (χ1n) is 5.50. The summed E-state index contributed by atoms with van der Waals surface area (Å²) in [7, 11) is 2.93. The Kier molecular flexibility index (Phi) is 2.96. The van der Waals surface area contributed by atoms with Gasteiger partial charge in [0.05, 0.1) is 7.11 Å². The van der Waals surface area contributed by atoms with E-state index in [0.29, 0.717) is 11.3 Å². The maximum Gasteiger partial charge on any atom is 0.325 e. The molecule has 1 unspecified atom stereocenters. The highest BCUT2D eigenvalue weighted by Crippen LogP contribution is 2.33. The van der Waals surface area contributed by atoms with Crippen LogP contribution in [0.4, 0.5) is 4.79 Å². The number of methoxy groups -OCH3 is 1. The molecule has 6 heteroatoms. The van der Waals surface area contributed by atoms with Gasteiger partial charge < -0.3 is 15.8 Å². The second-order valence-electron chi connectivity index (χ2n) is 4.10. The van der Waals surface area contributed by atoms with E-state index in [9.17, 15) is 9.59 Å². The molecule has 0 aromatic heterocycles. The molecule has 1 aromatic rings. The van der Waals surface area contributed by atoms with Gasteiger partial charge >= 0.3 is 6.03 Å². The Labute approximate surface area is 105 Å². The van der Waals surface area contributed by atoms with Crippen LogP contribution in [0.3, 0.4) is 0 Å². The van der Waals surface area contributed by atoms with E-state index in [0.717, 1.165) is 4.90 Å². The fraction of sp³-hybridized carbons (Fsp3) is 0.333. The number of nitrogens with zero attached hydrogens (tertiary/aromatic N) is 1. The Morgan fingerprint density at radius 1 is 1.39 bits per heavy atom. The Balaban J connectivity index is 2.58. The monoisotopic (exact) mass is 249 g/mol. The average molecular weight is 249 g/mol. The zero-order chi connectivity index (χ0) is 13.3. The lowest BCUT2D eigenvalue weighted by Gasteiger charge is -2.26. The van der Waals surface area contributed by atoms with Gasteiger partial charge in [-0.2, -0.15) is 0 Å². The fourth-order valence-electron chi connectivity index (χ4n) is 2.13. The molecular weight excluding hydrogens is 234 g/mol. The van der Waals surface area contributed by atoms with Crippen molar-refractivity contribution >= 4 is 11.9 Å². The van der Waals surface area contributed by atoms with Crippen LogP contribution in [0.1, 0.15) is 5.56 Å². The van der Waals surface area contributed by atoms with Crippen LogP contribution in [0.5, 0.6) is 5.75 Å². The van der Waals surface area contributed by atoms with Crippen molar-refractivity contribution in [1.82, 2.24) is 10.2 Å². The summed E-state index contributed by atoms with van der Waals surface area (Å²) in [6.45, 7) is -0.0255. The highest BCUT2D eigenvalue weighted by Gasteiger charge is 2.51. The molecule has 2 rings (SSSR count). The number of imide groups is 1. The number of likely N-dealkylation sites (N-methyl/N-ethyl adjacent to an activating group) is 1. The summed E-state index contributed by atoms with van der Waals surface area (Å²) < 4.78 is 5.23. The zero-order valence-electron chi connectivity index (χ0n) is 10.3. The molecule has 1 aliphatic heterocycles. The van der Waals surface area contributed by atoms with E-state index >= 15 is 0 Å². The Morgan fingerprint density at radius 3 is 2.56 bits per heavy atom. The largest absolute Gasteiger partial charge is 0.496 e. The summed E-state index contributed by atoms with van der Waals surface area (Å²) in [5, 5.41) is 2.64. The normalized spacial score (nSPS) is 23.2. The highest BCUT2D eigenvalue weighted by molar-refractivity contribution is 6.07. The van der Waals surface area contributed by atoms with Crippen molar-refractivity contribution in [3.8, 4) is 5.75 Å². The van der Waals surface area contributed by atoms with Crippen molar-refractivity contribution in [1.29, 1.82) is 0 Å². The number of ether oxygens (including phenoxy) is 1. The van der Waals surface area contributed by atoms with Crippen molar-refractivity contribution in [3.63, 3.8) is 0 Å². The van der Waals surface area contributed by atoms with Gasteiger partial charge in [-0.25, -0.2) is 4.79 Å². The first-order chi connectivity index (χ1) is 8.56. The fourth-order valence-corrected chi connectivity index (χ4v) is 2.13. The minimum atomic E-state index is -1.24. The first kappa shape index (κ1) is 12.4. The van der Waals surface area contributed by atoms with Gasteiger partial charge in [0.25, 0.3) is 5.91 Å². The van der Waals surface area contributed by atoms with Crippen LogP contribution in [0.15, 0.2) is 24.3 Å². The molecule has 1 aliphatic rings. The van der Waals surface area contributed by atoms with Gasteiger partial charge in [-0.1, -0.05) is 18.2 Å².